The Hall–Kier alpha value is -1.06. The summed E-state index contributed by atoms with van der Waals surface area (Å²) in [5.74, 6) is 0. The molecule has 3 aromatic rings. The molecule has 164 valence electrons. The molecule has 0 spiro atoms. The van der Waals surface area contributed by atoms with E-state index in [2.05, 4.69) is 4.90 Å². The van der Waals surface area contributed by atoms with Gasteiger partial charge in [0.05, 0.1) is 10.6 Å². The number of thiazole rings is 1. The summed E-state index contributed by atoms with van der Waals surface area (Å²) in [6, 6.07) is 9.80. The predicted octanol–water partition coefficient (Wildman–Crippen LogP) is 5.86. The van der Waals surface area contributed by atoms with Gasteiger partial charge >= 0.3 is 0 Å². The first-order valence-corrected chi connectivity index (χ1v) is 13.1. The molecule has 0 N–H and O–H groups in total. The Morgan fingerprint density at radius 2 is 1.39 bits per heavy atom. The molecular weight excluding hydrogens is 520 g/mol. The summed E-state index contributed by atoms with van der Waals surface area (Å²) >= 11 is 25.6. The topological polar surface area (TPSA) is 53.5 Å². The SMILES string of the molecule is O=S(=O)(c1cc(Cl)cc(Cl)c1)N1CCN(c2nc(Cc3cc(Cl)cc(Cl)c3)cs2)CC1. The second kappa shape index (κ2) is 9.43. The fourth-order valence-electron chi connectivity index (χ4n) is 3.39. The minimum atomic E-state index is -3.66. The molecule has 2 heterocycles. The van der Waals surface area contributed by atoms with Crippen molar-refractivity contribution in [3.63, 3.8) is 0 Å². The number of anilines is 1. The molecule has 0 atom stereocenters. The molecule has 0 radical (unpaired) electrons. The van der Waals surface area contributed by atoms with Crippen molar-refractivity contribution >= 4 is 72.9 Å². The molecule has 1 aliphatic rings. The van der Waals surface area contributed by atoms with E-state index in [4.69, 9.17) is 51.4 Å². The molecule has 0 amide bonds. The lowest BCUT2D eigenvalue weighted by Crippen LogP contribution is -2.48. The Balaban J connectivity index is 1.42. The zero-order valence-electron chi connectivity index (χ0n) is 16.1. The van der Waals surface area contributed by atoms with Gasteiger partial charge in [-0.1, -0.05) is 46.4 Å². The van der Waals surface area contributed by atoms with E-state index in [0.717, 1.165) is 16.4 Å². The van der Waals surface area contributed by atoms with Gasteiger partial charge in [-0.15, -0.1) is 11.3 Å². The summed E-state index contributed by atoms with van der Waals surface area (Å²) in [6.07, 6.45) is 0.626. The van der Waals surface area contributed by atoms with Crippen LogP contribution in [0.25, 0.3) is 0 Å². The molecule has 2 aromatic carbocycles. The van der Waals surface area contributed by atoms with Crippen LogP contribution in [0.2, 0.25) is 20.1 Å². The van der Waals surface area contributed by atoms with Gasteiger partial charge in [-0.2, -0.15) is 4.31 Å². The lowest BCUT2D eigenvalue weighted by atomic mass is 10.1. The summed E-state index contributed by atoms with van der Waals surface area (Å²) in [5.41, 5.74) is 1.91. The third-order valence-corrected chi connectivity index (χ3v) is 8.53. The largest absolute Gasteiger partial charge is 0.345 e. The average Bonchev–Trinajstić information content (AvgIpc) is 3.15. The maximum absolute atomic E-state index is 13.0. The highest BCUT2D eigenvalue weighted by Gasteiger charge is 2.30. The van der Waals surface area contributed by atoms with Crippen LogP contribution in [0.4, 0.5) is 5.13 Å². The van der Waals surface area contributed by atoms with Crippen molar-refractivity contribution in [2.75, 3.05) is 31.1 Å². The third-order valence-electron chi connectivity index (χ3n) is 4.83. The lowest BCUT2D eigenvalue weighted by molar-refractivity contribution is 0.384. The van der Waals surface area contributed by atoms with Crippen molar-refractivity contribution < 1.29 is 8.42 Å². The van der Waals surface area contributed by atoms with Gasteiger partial charge in [-0.05, 0) is 42.0 Å². The van der Waals surface area contributed by atoms with E-state index in [9.17, 15) is 8.42 Å². The first-order valence-electron chi connectivity index (χ1n) is 9.31. The molecule has 5 nitrogen and oxygen atoms in total. The minimum absolute atomic E-state index is 0.107. The molecule has 0 saturated carbocycles. The van der Waals surface area contributed by atoms with E-state index in [1.807, 2.05) is 17.5 Å². The normalized spacial score (nSPS) is 15.4. The smallest absolute Gasteiger partial charge is 0.243 e. The molecule has 1 aliphatic heterocycles. The molecule has 0 bridgehead atoms. The van der Waals surface area contributed by atoms with Crippen molar-refractivity contribution in [2.24, 2.45) is 0 Å². The third kappa shape index (κ3) is 5.47. The van der Waals surface area contributed by atoms with E-state index < -0.39 is 10.0 Å². The second-order valence-corrected chi connectivity index (χ2v) is 11.6. The molecule has 0 unspecified atom stereocenters. The van der Waals surface area contributed by atoms with Crippen LogP contribution in [0.5, 0.6) is 0 Å². The molecule has 4 rings (SSSR count). The summed E-state index contributed by atoms with van der Waals surface area (Å²) in [5, 5.41) is 4.64. The first kappa shape index (κ1) is 23.1. The predicted molar refractivity (Wildman–Crippen MR) is 129 cm³/mol. The Morgan fingerprint density at radius 3 is 1.97 bits per heavy atom. The van der Waals surface area contributed by atoms with Crippen LogP contribution >= 0.6 is 57.7 Å². The number of piperazine rings is 1. The second-order valence-electron chi connectivity index (χ2n) is 7.07. The van der Waals surface area contributed by atoms with Crippen molar-refractivity contribution in [2.45, 2.75) is 11.3 Å². The number of hydrogen-bond donors (Lipinski definition) is 0. The van der Waals surface area contributed by atoms with Crippen molar-refractivity contribution in [3.8, 4) is 0 Å². The highest BCUT2D eigenvalue weighted by atomic mass is 35.5. The van der Waals surface area contributed by atoms with Crippen molar-refractivity contribution in [3.05, 3.63) is 73.1 Å². The van der Waals surface area contributed by atoms with E-state index in [-0.39, 0.29) is 4.90 Å². The summed E-state index contributed by atoms with van der Waals surface area (Å²) in [7, 11) is -3.66. The number of hydrogen-bond acceptors (Lipinski definition) is 5. The van der Waals surface area contributed by atoms with Crippen LogP contribution in [-0.2, 0) is 16.4 Å². The van der Waals surface area contributed by atoms with E-state index in [1.165, 1.54) is 33.8 Å². The Kier molecular flexibility index (Phi) is 7.03. The number of sulfonamides is 1. The number of aromatic nitrogens is 1. The average molecular weight is 537 g/mol. The minimum Gasteiger partial charge on any atom is -0.345 e. The highest BCUT2D eigenvalue weighted by molar-refractivity contribution is 7.89. The number of nitrogens with zero attached hydrogens (tertiary/aromatic N) is 3. The Morgan fingerprint density at radius 1 is 0.839 bits per heavy atom. The molecule has 11 heteroatoms. The maximum Gasteiger partial charge on any atom is 0.243 e. The Bertz CT molecular complexity index is 1170. The van der Waals surface area contributed by atoms with Crippen LogP contribution in [0.1, 0.15) is 11.3 Å². The van der Waals surface area contributed by atoms with Gasteiger partial charge in [0.1, 0.15) is 0 Å². The van der Waals surface area contributed by atoms with Gasteiger partial charge in [0.25, 0.3) is 0 Å². The van der Waals surface area contributed by atoms with Gasteiger partial charge in [-0.3, -0.25) is 0 Å². The van der Waals surface area contributed by atoms with E-state index in [1.54, 1.807) is 6.07 Å². The molecular formula is C20H17Cl4N3O2S2. The highest BCUT2D eigenvalue weighted by Crippen LogP contribution is 2.28. The molecule has 1 aromatic heterocycles. The lowest BCUT2D eigenvalue weighted by Gasteiger charge is -2.33. The van der Waals surface area contributed by atoms with Gasteiger partial charge in [-0.25, -0.2) is 13.4 Å². The van der Waals surface area contributed by atoms with Crippen molar-refractivity contribution in [1.82, 2.24) is 9.29 Å². The maximum atomic E-state index is 13.0. The summed E-state index contributed by atoms with van der Waals surface area (Å²) in [6.45, 7) is 1.80. The van der Waals surface area contributed by atoms with Gasteiger partial charge in [0, 0.05) is 58.1 Å². The van der Waals surface area contributed by atoms with E-state index in [0.29, 0.717) is 52.7 Å². The van der Waals surface area contributed by atoms with Crippen LogP contribution in [-0.4, -0.2) is 43.9 Å². The van der Waals surface area contributed by atoms with Gasteiger partial charge < -0.3 is 4.90 Å². The summed E-state index contributed by atoms with van der Waals surface area (Å²) in [4.78, 5) is 6.91. The van der Waals surface area contributed by atoms with Gasteiger partial charge in [0.2, 0.25) is 10.0 Å². The van der Waals surface area contributed by atoms with E-state index >= 15 is 0 Å². The van der Waals surface area contributed by atoms with Crippen LogP contribution < -0.4 is 4.90 Å². The fourth-order valence-corrected chi connectivity index (χ4v) is 6.99. The van der Waals surface area contributed by atoms with Crippen LogP contribution in [0.15, 0.2) is 46.7 Å². The molecule has 31 heavy (non-hydrogen) atoms. The Labute approximate surface area is 205 Å². The molecule has 1 fully saturated rings. The number of rotatable bonds is 5. The zero-order chi connectivity index (χ0) is 22.2. The number of halogens is 4. The monoisotopic (exact) mass is 535 g/mol. The standard InChI is InChI=1S/C20H17Cl4N3O2S2/c21-14-5-13(6-15(22)8-14)7-18-12-30-20(25-18)26-1-3-27(4-2-26)31(28,29)19-10-16(23)9-17(24)11-19/h5-6,8-12H,1-4,7H2. The molecule has 1 saturated heterocycles. The van der Waals surface area contributed by atoms with Crippen LogP contribution in [0.3, 0.4) is 0 Å². The fraction of sp³-hybridized carbons (Fsp3) is 0.250. The quantitative estimate of drug-likeness (QED) is 0.410. The number of benzene rings is 2. The summed E-state index contributed by atoms with van der Waals surface area (Å²) < 4.78 is 27.4. The molecule has 0 aliphatic carbocycles. The zero-order valence-corrected chi connectivity index (χ0v) is 20.7. The van der Waals surface area contributed by atoms with Gasteiger partial charge in [0.15, 0.2) is 5.13 Å². The van der Waals surface area contributed by atoms with Crippen LogP contribution in [0, 0.1) is 0 Å². The first-order chi connectivity index (χ1) is 14.7. The van der Waals surface area contributed by atoms with Crippen molar-refractivity contribution in [1.29, 1.82) is 0 Å².